The van der Waals surface area contributed by atoms with Crippen LogP contribution in [-0.4, -0.2) is 68.8 Å². The van der Waals surface area contributed by atoms with Gasteiger partial charge >= 0.3 is 0 Å². The molecule has 34 heavy (non-hydrogen) atoms. The van der Waals surface area contributed by atoms with Crippen LogP contribution in [0.4, 0.5) is 0 Å². The molecule has 0 aliphatic carbocycles. The first-order chi connectivity index (χ1) is 16.0. The second-order valence-corrected chi connectivity index (χ2v) is 11.3. The second kappa shape index (κ2) is 10.6. The fourth-order valence-electron chi connectivity index (χ4n) is 3.66. The van der Waals surface area contributed by atoms with Crippen LogP contribution >= 0.6 is 0 Å². The van der Waals surface area contributed by atoms with Gasteiger partial charge in [0.2, 0.25) is 15.9 Å². The van der Waals surface area contributed by atoms with Crippen molar-refractivity contribution in [3.63, 3.8) is 0 Å². The molecule has 9 heteroatoms. The largest absolute Gasteiger partial charge is 0.492 e. The number of nitrogens with one attached hydrogen (secondary N) is 1. The van der Waals surface area contributed by atoms with E-state index >= 15 is 0 Å². The van der Waals surface area contributed by atoms with Gasteiger partial charge in [0.25, 0.3) is 5.91 Å². The van der Waals surface area contributed by atoms with Gasteiger partial charge in [-0.05, 0) is 47.4 Å². The van der Waals surface area contributed by atoms with Crippen molar-refractivity contribution in [3.05, 3.63) is 59.7 Å². The van der Waals surface area contributed by atoms with Gasteiger partial charge in [0, 0.05) is 38.7 Å². The Morgan fingerprint density at radius 3 is 2.06 bits per heavy atom. The summed E-state index contributed by atoms with van der Waals surface area (Å²) in [6, 6.07) is 13.8. The van der Waals surface area contributed by atoms with Crippen LogP contribution in [-0.2, 0) is 20.2 Å². The number of hydrogen-bond donors (Lipinski definition) is 1. The van der Waals surface area contributed by atoms with E-state index in [0.29, 0.717) is 31.8 Å². The molecule has 0 unspecified atom stereocenters. The molecule has 0 spiro atoms. The Bertz CT molecular complexity index is 1100. The topological polar surface area (TPSA) is 96.0 Å². The van der Waals surface area contributed by atoms with E-state index in [2.05, 4.69) is 26.1 Å². The Kier molecular flexibility index (Phi) is 7.99. The van der Waals surface area contributed by atoms with Crippen molar-refractivity contribution in [3.8, 4) is 5.75 Å². The zero-order chi connectivity index (χ0) is 24.9. The highest BCUT2D eigenvalue weighted by Crippen LogP contribution is 2.24. The predicted molar refractivity (Wildman–Crippen MR) is 130 cm³/mol. The lowest BCUT2D eigenvalue weighted by Gasteiger charge is -2.33. The maximum atomic E-state index is 12.9. The van der Waals surface area contributed by atoms with Gasteiger partial charge in [0.15, 0.2) is 0 Å². The Balaban J connectivity index is 1.49. The molecule has 3 rings (SSSR count). The normalized spacial score (nSPS) is 15.1. The summed E-state index contributed by atoms with van der Waals surface area (Å²) in [5.74, 6) is 0.378. The molecule has 0 atom stereocenters. The Hall–Kier alpha value is -2.91. The van der Waals surface area contributed by atoms with E-state index in [4.69, 9.17) is 4.74 Å². The summed E-state index contributed by atoms with van der Waals surface area (Å²) >= 11 is 0. The van der Waals surface area contributed by atoms with Crippen LogP contribution in [0.5, 0.6) is 5.75 Å². The minimum absolute atomic E-state index is 0.0590. The summed E-state index contributed by atoms with van der Waals surface area (Å²) in [6.07, 6.45) is 0. The number of hydrogen-bond acceptors (Lipinski definition) is 5. The van der Waals surface area contributed by atoms with Crippen molar-refractivity contribution < 1.29 is 22.7 Å². The summed E-state index contributed by atoms with van der Waals surface area (Å²) < 4.78 is 32.8. The minimum Gasteiger partial charge on any atom is -0.492 e. The number of amides is 2. The van der Waals surface area contributed by atoms with Gasteiger partial charge < -0.3 is 15.0 Å². The van der Waals surface area contributed by atoms with Gasteiger partial charge in [0.1, 0.15) is 12.4 Å². The summed E-state index contributed by atoms with van der Waals surface area (Å²) in [6.45, 7) is 9.82. The van der Waals surface area contributed by atoms with E-state index < -0.39 is 10.0 Å². The van der Waals surface area contributed by atoms with E-state index in [1.807, 2.05) is 24.3 Å². The van der Waals surface area contributed by atoms with Gasteiger partial charge in [-0.1, -0.05) is 32.9 Å². The molecule has 2 amide bonds. The Morgan fingerprint density at radius 1 is 0.941 bits per heavy atom. The van der Waals surface area contributed by atoms with E-state index in [0.717, 1.165) is 5.75 Å². The SMILES string of the molecule is CC(=O)N1CCN(S(=O)(=O)c2ccc(C(=O)NCCOc3ccc(C(C)(C)C)cc3)cc2)CC1. The average Bonchev–Trinajstić information content (AvgIpc) is 2.81. The number of carbonyl (C=O) groups is 2. The third kappa shape index (κ3) is 6.36. The fraction of sp³-hybridized carbons (Fsp3) is 0.440. The monoisotopic (exact) mass is 487 g/mol. The first-order valence-electron chi connectivity index (χ1n) is 11.4. The van der Waals surface area contributed by atoms with Crippen molar-refractivity contribution in [1.29, 1.82) is 0 Å². The zero-order valence-electron chi connectivity index (χ0n) is 20.2. The molecule has 2 aromatic rings. The molecule has 1 N–H and O–H groups in total. The van der Waals surface area contributed by atoms with Gasteiger partial charge in [-0.15, -0.1) is 0 Å². The molecular formula is C25H33N3O5S. The molecule has 184 valence electrons. The van der Waals surface area contributed by atoms with Crippen molar-refractivity contribution in [2.75, 3.05) is 39.3 Å². The molecule has 1 heterocycles. The molecule has 2 aromatic carbocycles. The van der Waals surface area contributed by atoms with Gasteiger partial charge in [0.05, 0.1) is 11.4 Å². The van der Waals surface area contributed by atoms with Gasteiger partial charge in [-0.25, -0.2) is 8.42 Å². The van der Waals surface area contributed by atoms with Crippen LogP contribution in [0.2, 0.25) is 0 Å². The number of carbonyl (C=O) groups excluding carboxylic acids is 2. The standard InChI is InChI=1S/C25H33N3O5S/c1-19(29)27-14-16-28(17-15-27)34(31,32)23-11-5-20(6-12-23)24(30)26-13-18-33-22-9-7-21(8-10-22)25(2,3)4/h5-12H,13-18H2,1-4H3,(H,26,30). The molecule has 8 nitrogen and oxygen atoms in total. The smallest absolute Gasteiger partial charge is 0.251 e. The molecule has 1 fully saturated rings. The molecule has 0 aromatic heterocycles. The van der Waals surface area contributed by atoms with E-state index in [1.165, 1.54) is 41.1 Å². The number of nitrogens with zero attached hydrogens (tertiary/aromatic N) is 2. The van der Waals surface area contributed by atoms with Gasteiger partial charge in [-0.2, -0.15) is 4.31 Å². The first-order valence-corrected chi connectivity index (χ1v) is 12.8. The third-order valence-electron chi connectivity index (χ3n) is 5.81. The van der Waals surface area contributed by atoms with Crippen LogP contribution in [0.1, 0.15) is 43.6 Å². The average molecular weight is 488 g/mol. The molecule has 0 bridgehead atoms. The van der Waals surface area contributed by atoms with Crippen LogP contribution in [0.15, 0.2) is 53.4 Å². The number of piperazine rings is 1. The molecule has 0 radical (unpaired) electrons. The van der Waals surface area contributed by atoms with Crippen molar-refractivity contribution in [1.82, 2.24) is 14.5 Å². The van der Waals surface area contributed by atoms with Crippen molar-refractivity contribution >= 4 is 21.8 Å². The van der Waals surface area contributed by atoms with Crippen molar-refractivity contribution in [2.24, 2.45) is 0 Å². The highest BCUT2D eigenvalue weighted by molar-refractivity contribution is 7.89. The molecular weight excluding hydrogens is 454 g/mol. The lowest BCUT2D eigenvalue weighted by atomic mass is 9.87. The maximum absolute atomic E-state index is 12.9. The van der Waals surface area contributed by atoms with E-state index in [1.54, 1.807) is 4.90 Å². The highest BCUT2D eigenvalue weighted by Gasteiger charge is 2.29. The van der Waals surface area contributed by atoms with Crippen LogP contribution in [0.25, 0.3) is 0 Å². The molecule has 1 saturated heterocycles. The van der Waals surface area contributed by atoms with Crippen molar-refractivity contribution in [2.45, 2.75) is 38.0 Å². The predicted octanol–water partition coefficient (Wildman–Crippen LogP) is 2.65. The zero-order valence-corrected chi connectivity index (χ0v) is 21.0. The lowest BCUT2D eigenvalue weighted by Crippen LogP contribution is -2.49. The summed E-state index contributed by atoms with van der Waals surface area (Å²) in [5, 5.41) is 2.78. The number of benzene rings is 2. The Morgan fingerprint density at radius 2 is 1.53 bits per heavy atom. The number of ether oxygens (including phenoxy) is 1. The van der Waals surface area contributed by atoms with Crippen LogP contribution in [0.3, 0.4) is 0 Å². The van der Waals surface area contributed by atoms with Crippen LogP contribution in [0, 0.1) is 0 Å². The third-order valence-corrected chi connectivity index (χ3v) is 7.73. The quantitative estimate of drug-likeness (QED) is 0.606. The van der Waals surface area contributed by atoms with E-state index in [-0.39, 0.29) is 35.2 Å². The first kappa shape index (κ1) is 25.7. The van der Waals surface area contributed by atoms with Crippen LogP contribution < -0.4 is 10.1 Å². The van der Waals surface area contributed by atoms with E-state index in [9.17, 15) is 18.0 Å². The lowest BCUT2D eigenvalue weighted by molar-refractivity contribution is -0.129. The number of rotatable bonds is 7. The molecule has 1 aliphatic heterocycles. The fourth-order valence-corrected chi connectivity index (χ4v) is 5.08. The second-order valence-electron chi connectivity index (χ2n) is 9.31. The molecule has 1 aliphatic rings. The highest BCUT2D eigenvalue weighted by atomic mass is 32.2. The Labute approximate surface area is 201 Å². The summed E-state index contributed by atoms with van der Waals surface area (Å²) in [7, 11) is -3.67. The van der Waals surface area contributed by atoms with Gasteiger partial charge in [-0.3, -0.25) is 9.59 Å². The summed E-state index contributed by atoms with van der Waals surface area (Å²) in [5.41, 5.74) is 1.66. The number of sulfonamides is 1. The minimum atomic E-state index is -3.67. The maximum Gasteiger partial charge on any atom is 0.251 e. The summed E-state index contributed by atoms with van der Waals surface area (Å²) in [4.78, 5) is 25.6. The molecule has 0 saturated carbocycles.